The van der Waals surface area contributed by atoms with Gasteiger partial charge in [-0.2, -0.15) is 0 Å². The standard InChI is InChI=1S/C55H77NO12/c1-10-24-65-47-30-38(19-22-46(47)66-42-21-20-40-16-12-13-17-41(40)31-42)28-35(5)50-37(7)44(57)32-45(58)39(11-2)26-33(3)25-34(4)27-48(63-8)51-49(64-9)29-36(6)55(62,68-51)52(59)53(60)56-23-15-14-18-43(56)54(61)67-50/h10,12-13,16-17,20-21,26,28,31,34,36-39,43-44,46-51,57,62H,1,11,14-15,18-19,22-25,27,29-30,32H2,2-9H3. The number of aliphatic hydroxyl groups is 2. The first kappa shape index (κ1) is 53.1. The fourth-order valence-corrected chi connectivity index (χ4v) is 11.0. The number of aliphatic hydroxyl groups excluding tert-OH is 1. The molecule has 6 rings (SSSR count). The highest BCUT2D eigenvalue weighted by Gasteiger charge is 2.56. The number of benzene rings is 2. The summed E-state index contributed by atoms with van der Waals surface area (Å²) in [6.45, 7) is 15.6. The average molecular weight is 944 g/mol. The third-order valence-corrected chi connectivity index (χ3v) is 15.0. The van der Waals surface area contributed by atoms with Crippen LogP contribution in [0.4, 0.5) is 0 Å². The largest absolute Gasteiger partial charge is 0.488 e. The summed E-state index contributed by atoms with van der Waals surface area (Å²) in [6, 6.07) is 13.0. The minimum absolute atomic E-state index is 0.0149. The lowest BCUT2D eigenvalue weighted by Crippen LogP contribution is -2.64. The van der Waals surface area contributed by atoms with Crippen molar-refractivity contribution in [1.82, 2.24) is 4.90 Å². The maximum atomic E-state index is 14.6. The molecule has 2 aromatic rings. The molecule has 68 heavy (non-hydrogen) atoms. The Balaban J connectivity index is 1.31. The molecule has 2 bridgehead atoms. The number of esters is 1. The Morgan fingerprint density at radius 3 is 2.34 bits per heavy atom. The van der Waals surface area contributed by atoms with E-state index in [1.165, 1.54) is 19.1 Å². The molecule has 374 valence electrons. The van der Waals surface area contributed by atoms with Crippen molar-refractivity contribution in [1.29, 1.82) is 0 Å². The van der Waals surface area contributed by atoms with Gasteiger partial charge in [0.2, 0.25) is 5.79 Å². The van der Waals surface area contributed by atoms with Gasteiger partial charge in [0, 0.05) is 44.9 Å². The molecule has 0 spiro atoms. The van der Waals surface area contributed by atoms with Crippen molar-refractivity contribution in [3.63, 3.8) is 0 Å². The number of amides is 1. The molecule has 13 heteroatoms. The number of cyclic esters (lactones) is 1. The number of rotatable bonds is 10. The predicted octanol–water partition coefficient (Wildman–Crippen LogP) is 8.27. The van der Waals surface area contributed by atoms with Crippen LogP contribution < -0.4 is 4.74 Å². The van der Waals surface area contributed by atoms with E-state index >= 15 is 0 Å². The Morgan fingerprint density at radius 1 is 0.912 bits per heavy atom. The molecule has 1 amide bonds. The molecule has 1 aliphatic carbocycles. The molecule has 3 aliphatic heterocycles. The number of ether oxygens (including phenoxy) is 6. The molecule has 13 nitrogen and oxygen atoms in total. The zero-order chi connectivity index (χ0) is 49.3. The van der Waals surface area contributed by atoms with E-state index in [4.69, 9.17) is 28.4 Å². The molecule has 0 radical (unpaired) electrons. The van der Waals surface area contributed by atoms with Crippen molar-refractivity contribution in [2.45, 2.75) is 167 Å². The SMILES string of the molecule is C=CCOC1CC(C=C(C)C2OC(=O)C3CCCCN3C(=O)C(=O)C3(O)OC(C(OC)CC(C)CC(C)=CC(CC)C(=O)CC(O)C2C)C(OC)CC3C)CCC1Oc1ccc2ccccc2c1. The average Bonchev–Trinajstić information content (AvgIpc) is 3.33. The van der Waals surface area contributed by atoms with Gasteiger partial charge in [0.15, 0.2) is 0 Å². The van der Waals surface area contributed by atoms with Gasteiger partial charge in [0.25, 0.3) is 11.7 Å². The van der Waals surface area contributed by atoms with Crippen LogP contribution in [0.5, 0.6) is 5.75 Å². The van der Waals surface area contributed by atoms with Crippen LogP contribution in [0.15, 0.2) is 78.4 Å². The molecule has 2 aromatic carbocycles. The van der Waals surface area contributed by atoms with E-state index in [0.29, 0.717) is 57.1 Å². The Morgan fingerprint density at radius 2 is 1.63 bits per heavy atom. The van der Waals surface area contributed by atoms with Crippen LogP contribution in [-0.4, -0.2) is 120 Å². The number of allylic oxidation sites excluding steroid dienone is 3. The third kappa shape index (κ3) is 12.6. The first-order valence-electron chi connectivity index (χ1n) is 25.0. The Hall–Kier alpha value is -4.24. The smallest absolute Gasteiger partial charge is 0.329 e. The Bertz CT molecular complexity index is 2130. The van der Waals surface area contributed by atoms with Gasteiger partial charge in [0.05, 0.1) is 31.0 Å². The van der Waals surface area contributed by atoms with Crippen LogP contribution in [0.2, 0.25) is 0 Å². The number of hydrogen-bond acceptors (Lipinski definition) is 12. The molecule has 3 heterocycles. The van der Waals surface area contributed by atoms with Gasteiger partial charge in [-0.1, -0.05) is 81.8 Å². The zero-order valence-electron chi connectivity index (χ0n) is 41.6. The normalized spacial score (nSPS) is 35.4. The summed E-state index contributed by atoms with van der Waals surface area (Å²) >= 11 is 0. The Labute approximate surface area is 403 Å². The van der Waals surface area contributed by atoms with Crippen molar-refractivity contribution in [3.8, 4) is 5.75 Å². The van der Waals surface area contributed by atoms with E-state index in [2.05, 4.69) is 31.7 Å². The van der Waals surface area contributed by atoms with Gasteiger partial charge in [-0.3, -0.25) is 14.4 Å². The van der Waals surface area contributed by atoms with E-state index in [0.717, 1.165) is 28.5 Å². The third-order valence-electron chi connectivity index (χ3n) is 15.0. The summed E-state index contributed by atoms with van der Waals surface area (Å²) in [5, 5.41) is 26.3. The van der Waals surface area contributed by atoms with E-state index in [1.54, 1.807) is 19.9 Å². The fraction of sp³-hybridized carbons (Fsp3) is 0.636. The summed E-state index contributed by atoms with van der Waals surface area (Å²) in [7, 11) is 3.08. The van der Waals surface area contributed by atoms with Gasteiger partial charge >= 0.3 is 5.97 Å². The number of hydrogen-bond donors (Lipinski definition) is 2. The van der Waals surface area contributed by atoms with E-state index in [-0.39, 0.29) is 55.6 Å². The topological polar surface area (TPSA) is 167 Å². The molecule has 14 unspecified atom stereocenters. The summed E-state index contributed by atoms with van der Waals surface area (Å²) in [6.07, 6.45) is 6.11. The highest BCUT2D eigenvalue weighted by molar-refractivity contribution is 6.39. The summed E-state index contributed by atoms with van der Waals surface area (Å²) in [5.41, 5.74) is 1.68. The zero-order valence-corrected chi connectivity index (χ0v) is 41.6. The minimum atomic E-state index is -2.51. The van der Waals surface area contributed by atoms with Crippen LogP contribution >= 0.6 is 0 Å². The van der Waals surface area contributed by atoms with Crippen LogP contribution in [0.1, 0.15) is 112 Å². The lowest BCUT2D eigenvalue weighted by atomic mass is 9.81. The van der Waals surface area contributed by atoms with Crippen molar-refractivity contribution in [2.75, 3.05) is 27.4 Å². The van der Waals surface area contributed by atoms with E-state index in [1.807, 2.05) is 57.2 Å². The van der Waals surface area contributed by atoms with Crippen molar-refractivity contribution in [3.05, 3.63) is 78.4 Å². The second kappa shape index (κ2) is 24.1. The van der Waals surface area contributed by atoms with Gasteiger partial charge in [0.1, 0.15) is 35.9 Å². The number of carbonyl (C=O) groups is 4. The predicted molar refractivity (Wildman–Crippen MR) is 260 cm³/mol. The fourth-order valence-electron chi connectivity index (χ4n) is 11.0. The van der Waals surface area contributed by atoms with Crippen LogP contribution in [0.25, 0.3) is 10.8 Å². The summed E-state index contributed by atoms with van der Waals surface area (Å²) < 4.78 is 37.4. The highest BCUT2D eigenvalue weighted by atomic mass is 16.7. The summed E-state index contributed by atoms with van der Waals surface area (Å²) in [5.74, 6) is -6.81. The minimum Gasteiger partial charge on any atom is -0.488 e. The maximum absolute atomic E-state index is 14.6. The van der Waals surface area contributed by atoms with E-state index in [9.17, 15) is 29.4 Å². The first-order valence-corrected chi connectivity index (χ1v) is 25.0. The summed E-state index contributed by atoms with van der Waals surface area (Å²) in [4.78, 5) is 58.7. The van der Waals surface area contributed by atoms with Gasteiger partial charge in [-0.05, 0) is 118 Å². The number of fused-ring (bicyclic) bond motifs is 4. The van der Waals surface area contributed by atoms with Crippen LogP contribution in [0, 0.1) is 29.6 Å². The monoisotopic (exact) mass is 944 g/mol. The van der Waals surface area contributed by atoms with Crippen molar-refractivity contribution < 1.29 is 57.8 Å². The number of piperidine rings is 1. The lowest BCUT2D eigenvalue weighted by molar-refractivity contribution is -0.302. The number of ketones is 2. The number of methoxy groups -OCH3 is 2. The second-order valence-corrected chi connectivity index (χ2v) is 20.1. The van der Waals surface area contributed by atoms with Gasteiger partial charge in [-0.15, -0.1) is 6.58 Å². The molecule has 3 fully saturated rings. The lowest BCUT2D eigenvalue weighted by Gasteiger charge is -2.47. The number of nitrogens with zero attached hydrogens (tertiary/aromatic N) is 1. The van der Waals surface area contributed by atoms with Crippen molar-refractivity contribution >= 4 is 34.2 Å². The number of Topliss-reactive ketones (excluding diaryl/α,β-unsaturated/α-hetero) is 2. The first-order chi connectivity index (χ1) is 32.5. The van der Waals surface area contributed by atoms with Crippen molar-refractivity contribution in [2.24, 2.45) is 29.6 Å². The Kier molecular flexibility index (Phi) is 18.8. The second-order valence-electron chi connectivity index (χ2n) is 20.1. The van der Waals surface area contributed by atoms with Gasteiger partial charge in [-0.25, -0.2) is 4.79 Å². The van der Waals surface area contributed by atoms with Crippen LogP contribution in [0.3, 0.4) is 0 Å². The molecular weight excluding hydrogens is 867 g/mol. The molecule has 2 saturated heterocycles. The van der Waals surface area contributed by atoms with Crippen LogP contribution in [-0.2, 0) is 42.9 Å². The molecule has 1 saturated carbocycles. The quantitative estimate of drug-likeness (QED) is 0.133. The molecular formula is C55H77NO12. The maximum Gasteiger partial charge on any atom is 0.329 e. The molecule has 14 atom stereocenters. The number of carbonyl (C=O) groups excluding carboxylic acids is 4. The molecule has 2 N–H and O–H groups in total. The van der Waals surface area contributed by atoms with Gasteiger partial charge < -0.3 is 43.5 Å². The van der Waals surface area contributed by atoms with E-state index < -0.39 is 77.8 Å². The molecule has 0 aromatic heterocycles. The molecule has 4 aliphatic rings. The highest BCUT2D eigenvalue weighted by Crippen LogP contribution is 2.40.